The Labute approximate surface area is 192 Å². The van der Waals surface area contributed by atoms with Crippen molar-refractivity contribution in [3.8, 4) is 11.3 Å². The van der Waals surface area contributed by atoms with E-state index in [4.69, 9.17) is 9.52 Å². The van der Waals surface area contributed by atoms with E-state index in [2.05, 4.69) is 4.90 Å². The van der Waals surface area contributed by atoms with Crippen molar-refractivity contribution in [2.24, 2.45) is 0 Å². The summed E-state index contributed by atoms with van der Waals surface area (Å²) in [7, 11) is 0. The van der Waals surface area contributed by atoms with Crippen LogP contribution in [0.5, 0.6) is 0 Å². The lowest BCUT2D eigenvalue weighted by Crippen LogP contribution is -2.41. The van der Waals surface area contributed by atoms with Gasteiger partial charge < -0.3 is 14.6 Å². The van der Waals surface area contributed by atoms with Crippen LogP contribution in [0.4, 0.5) is 0 Å². The van der Waals surface area contributed by atoms with Crippen LogP contribution in [-0.4, -0.2) is 52.5 Å². The van der Waals surface area contributed by atoms with Crippen molar-refractivity contribution >= 4 is 34.7 Å². The van der Waals surface area contributed by atoms with Crippen LogP contribution in [0.2, 0.25) is 0 Å². The summed E-state index contributed by atoms with van der Waals surface area (Å²) in [6.45, 7) is 3.22. The largest absolute Gasteiger partial charge is 0.459 e. The second-order valence-corrected chi connectivity index (χ2v) is 8.45. The van der Waals surface area contributed by atoms with Gasteiger partial charge in [0.2, 0.25) is 11.6 Å². The van der Waals surface area contributed by atoms with Crippen LogP contribution in [-0.2, 0) is 13.0 Å². The molecule has 3 aromatic rings. The van der Waals surface area contributed by atoms with Gasteiger partial charge in [0.25, 0.3) is 0 Å². The number of hydrogen-bond donors (Lipinski definition) is 2. The Morgan fingerprint density at radius 2 is 1.84 bits per heavy atom. The molecule has 0 unspecified atom stereocenters. The smallest absolute Gasteiger partial charge is 0.237 e. The summed E-state index contributed by atoms with van der Waals surface area (Å²) in [6, 6.07) is 9.58. The van der Waals surface area contributed by atoms with Gasteiger partial charge in [0.1, 0.15) is 11.5 Å². The molecule has 0 fully saturated rings. The van der Waals surface area contributed by atoms with Gasteiger partial charge in [-0.25, -0.2) is 0 Å². The second-order valence-electron chi connectivity index (χ2n) is 8.45. The quantitative estimate of drug-likeness (QED) is 0.570. The van der Waals surface area contributed by atoms with Gasteiger partial charge in [-0.3, -0.25) is 14.5 Å². The molecular weight excluding hydrogens is 430 g/mol. The molecule has 168 valence electrons. The van der Waals surface area contributed by atoms with E-state index in [-0.39, 0.29) is 31.7 Å². The molecule has 1 aromatic heterocycles. The first kappa shape index (κ1) is 22.7. The van der Waals surface area contributed by atoms with E-state index in [0.29, 0.717) is 60.6 Å². The molecular formula is C25H26ClNO5. The van der Waals surface area contributed by atoms with Crippen LogP contribution in [0, 0.1) is 6.92 Å². The molecule has 2 aromatic carbocycles. The lowest BCUT2D eigenvalue weighted by molar-refractivity contribution is 0.0813. The van der Waals surface area contributed by atoms with Gasteiger partial charge in [-0.1, -0.05) is 24.3 Å². The predicted octanol–water partition coefficient (Wildman–Crippen LogP) is 3.70. The Hall–Kier alpha value is -2.51. The lowest BCUT2D eigenvalue weighted by atomic mass is 9.82. The molecule has 0 saturated heterocycles. The Bertz CT molecular complexity index is 1210. The van der Waals surface area contributed by atoms with Crippen LogP contribution in [0.3, 0.4) is 0 Å². The number of Topliss-reactive ketones (excluding diaryl/α,β-unsaturated/α-hetero) is 2. The van der Waals surface area contributed by atoms with E-state index >= 15 is 0 Å². The zero-order valence-corrected chi connectivity index (χ0v) is 18.7. The highest BCUT2D eigenvalue weighted by molar-refractivity contribution is 6.54. The first-order chi connectivity index (χ1) is 15.0. The SMILES string of the molecule is Cc1cccc2c3c(ccc12)-c1oc2c(c1C(=O)C3=O)CCN([C@H](CO)CCCO)C2.Cl. The second kappa shape index (κ2) is 8.79. The fourth-order valence-corrected chi connectivity index (χ4v) is 5.06. The Kier molecular flexibility index (Phi) is 6.23. The van der Waals surface area contributed by atoms with Crippen LogP contribution < -0.4 is 0 Å². The summed E-state index contributed by atoms with van der Waals surface area (Å²) in [5.74, 6) is 0.220. The molecule has 2 N–H and O–H groups in total. The molecule has 2 heterocycles. The normalized spacial score (nSPS) is 16.3. The molecule has 1 aliphatic heterocycles. The van der Waals surface area contributed by atoms with Crippen LogP contribution in [0.25, 0.3) is 22.1 Å². The minimum absolute atomic E-state index is 0. The van der Waals surface area contributed by atoms with Gasteiger partial charge >= 0.3 is 0 Å². The average Bonchev–Trinajstić information content (AvgIpc) is 3.17. The lowest BCUT2D eigenvalue weighted by Gasteiger charge is -2.32. The van der Waals surface area contributed by atoms with Gasteiger partial charge in [0, 0.05) is 35.9 Å². The number of hydrogen-bond acceptors (Lipinski definition) is 6. The van der Waals surface area contributed by atoms with E-state index in [1.165, 1.54) is 0 Å². The number of carbonyl (C=O) groups is 2. The number of benzene rings is 2. The molecule has 6 nitrogen and oxygen atoms in total. The highest BCUT2D eigenvalue weighted by Gasteiger charge is 2.40. The van der Waals surface area contributed by atoms with Crippen molar-refractivity contribution in [2.75, 3.05) is 19.8 Å². The zero-order chi connectivity index (χ0) is 21.7. The fraction of sp³-hybridized carbons (Fsp3) is 0.360. The number of carbonyl (C=O) groups excluding carboxylic acids is 2. The number of ketones is 2. The maximum Gasteiger partial charge on any atom is 0.237 e. The molecule has 0 spiro atoms. The molecule has 2 aliphatic rings. The van der Waals surface area contributed by atoms with Gasteiger partial charge in [0.15, 0.2) is 0 Å². The van der Waals surface area contributed by atoms with Crippen LogP contribution in [0.15, 0.2) is 34.7 Å². The summed E-state index contributed by atoms with van der Waals surface area (Å²) in [6.07, 6.45) is 1.90. The first-order valence-corrected chi connectivity index (χ1v) is 10.8. The van der Waals surface area contributed by atoms with Crippen LogP contribution >= 0.6 is 12.4 Å². The maximum atomic E-state index is 13.2. The van der Waals surface area contributed by atoms with E-state index < -0.39 is 11.6 Å². The predicted molar refractivity (Wildman–Crippen MR) is 124 cm³/mol. The molecule has 0 saturated carbocycles. The minimum Gasteiger partial charge on any atom is -0.459 e. The van der Waals surface area contributed by atoms with E-state index in [9.17, 15) is 14.7 Å². The number of aliphatic hydroxyl groups is 2. The number of halogens is 1. The number of rotatable bonds is 5. The Morgan fingerprint density at radius 1 is 1.06 bits per heavy atom. The third-order valence-corrected chi connectivity index (χ3v) is 6.69. The highest BCUT2D eigenvalue weighted by atomic mass is 35.5. The molecule has 0 radical (unpaired) electrons. The topological polar surface area (TPSA) is 91.0 Å². The monoisotopic (exact) mass is 455 g/mol. The van der Waals surface area contributed by atoms with Crippen molar-refractivity contribution < 1.29 is 24.2 Å². The maximum absolute atomic E-state index is 13.2. The molecule has 0 amide bonds. The molecule has 1 aliphatic carbocycles. The highest BCUT2D eigenvalue weighted by Crippen LogP contribution is 2.43. The van der Waals surface area contributed by atoms with E-state index in [1.54, 1.807) is 0 Å². The third-order valence-electron chi connectivity index (χ3n) is 6.69. The first-order valence-electron chi connectivity index (χ1n) is 10.8. The number of fused-ring (bicyclic) bond motifs is 7. The van der Waals surface area contributed by atoms with Crippen molar-refractivity contribution in [1.82, 2.24) is 4.90 Å². The molecule has 5 rings (SSSR count). The van der Waals surface area contributed by atoms with Crippen molar-refractivity contribution in [2.45, 2.75) is 38.8 Å². The zero-order valence-electron chi connectivity index (χ0n) is 17.9. The minimum atomic E-state index is -0.492. The standard InChI is InChI=1S/C25H25NO5.ClH/c1-14-4-2-6-17-16(14)7-8-19-21(17)23(29)24(30)22-18-9-10-26(12-20(18)31-25(19)22)15(13-28)5-3-11-27;/h2,4,6-8,15,27-28H,3,5,9-13H2,1H3;1H/t15-;/m0./s1. The van der Waals surface area contributed by atoms with Gasteiger partial charge in [0.05, 0.1) is 18.7 Å². The Morgan fingerprint density at radius 3 is 2.59 bits per heavy atom. The molecule has 32 heavy (non-hydrogen) atoms. The summed E-state index contributed by atoms with van der Waals surface area (Å²) < 4.78 is 6.24. The third kappa shape index (κ3) is 3.39. The van der Waals surface area contributed by atoms with Crippen molar-refractivity contribution in [3.05, 3.63) is 58.3 Å². The number of furan rings is 1. The fourth-order valence-electron chi connectivity index (χ4n) is 5.06. The van der Waals surface area contributed by atoms with Crippen molar-refractivity contribution in [1.29, 1.82) is 0 Å². The molecule has 7 heteroatoms. The van der Waals surface area contributed by atoms with Crippen molar-refractivity contribution in [3.63, 3.8) is 0 Å². The average molecular weight is 456 g/mol. The summed E-state index contributed by atoms with van der Waals surface area (Å²) >= 11 is 0. The molecule has 0 bridgehead atoms. The summed E-state index contributed by atoms with van der Waals surface area (Å²) in [5, 5.41) is 20.7. The van der Waals surface area contributed by atoms with Gasteiger partial charge in [-0.2, -0.15) is 0 Å². The van der Waals surface area contributed by atoms with Gasteiger partial charge in [-0.05, 0) is 48.6 Å². The molecule has 1 atom stereocenters. The number of nitrogens with zero attached hydrogens (tertiary/aromatic N) is 1. The van der Waals surface area contributed by atoms with E-state index in [0.717, 1.165) is 21.9 Å². The Balaban J connectivity index is 0.00000245. The summed E-state index contributed by atoms with van der Waals surface area (Å²) in [5.41, 5.74) is 3.39. The number of aliphatic hydroxyl groups excluding tert-OH is 2. The number of aryl methyl sites for hydroxylation is 1. The van der Waals surface area contributed by atoms with Crippen LogP contribution in [0.1, 0.15) is 50.4 Å². The van der Waals surface area contributed by atoms with Gasteiger partial charge in [-0.15, -0.1) is 12.4 Å². The van der Waals surface area contributed by atoms with E-state index in [1.807, 2.05) is 37.3 Å². The summed E-state index contributed by atoms with van der Waals surface area (Å²) in [4.78, 5) is 28.5.